The Labute approximate surface area is 230 Å². The Hall–Kier alpha value is -1.24. The van der Waals surface area contributed by atoms with Gasteiger partial charge >= 0.3 is 0 Å². The van der Waals surface area contributed by atoms with E-state index < -0.39 is 0 Å². The van der Waals surface area contributed by atoms with Crippen molar-refractivity contribution in [2.45, 2.75) is 164 Å². The van der Waals surface area contributed by atoms with E-state index >= 15 is 0 Å². The fraction of sp³-hybridized carbons (Fsp3) is 0.771. The van der Waals surface area contributed by atoms with Crippen LogP contribution in [-0.2, 0) is 4.74 Å². The van der Waals surface area contributed by atoms with Crippen LogP contribution in [0.3, 0.4) is 0 Å². The molecule has 0 bridgehead atoms. The summed E-state index contributed by atoms with van der Waals surface area (Å²) in [6.07, 6.45) is 33.4. The van der Waals surface area contributed by atoms with Gasteiger partial charge in [0.2, 0.25) is 0 Å². The van der Waals surface area contributed by atoms with E-state index in [1.165, 1.54) is 121 Å². The van der Waals surface area contributed by atoms with Gasteiger partial charge in [0, 0.05) is 5.92 Å². The summed E-state index contributed by atoms with van der Waals surface area (Å²) in [5.41, 5.74) is 1.24. The number of allylic oxidation sites excluding steroid dienone is 6. The van der Waals surface area contributed by atoms with E-state index in [0.717, 1.165) is 12.4 Å². The van der Waals surface area contributed by atoms with Crippen molar-refractivity contribution in [1.29, 1.82) is 0 Å². The van der Waals surface area contributed by atoms with Crippen molar-refractivity contribution in [2.24, 2.45) is 5.92 Å². The highest BCUT2D eigenvalue weighted by molar-refractivity contribution is 5.19. The zero-order valence-electron chi connectivity index (χ0n) is 26.1. The molecule has 0 atom stereocenters. The minimum atomic E-state index is 0.450. The maximum atomic E-state index is 5.64. The van der Waals surface area contributed by atoms with Crippen molar-refractivity contribution in [2.75, 3.05) is 6.61 Å². The standard InChI is InChI=1S/C25H50O.C8H12.C2H6/c1-5-6-7-8-9-10-11-12-13-14-15-16-17-18-19-20-21-22-23-26-25(4)24(2)3;1-4-6-8(3)7-5-2;1-2/h24H,4-23H2,1-3H3;4-7H,1H2,2-3H3;1-2H3/b;7-5-,8-6-;. The molecule has 0 heterocycles. The summed E-state index contributed by atoms with van der Waals surface area (Å²) in [6.45, 7) is 23.0. The number of hydrogen-bond donors (Lipinski definition) is 0. The van der Waals surface area contributed by atoms with Crippen LogP contribution < -0.4 is 0 Å². The predicted molar refractivity (Wildman–Crippen MR) is 169 cm³/mol. The summed E-state index contributed by atoms with van der Waals surface area (Å²) in [5, 5.41) is 0. The van der Waals surface area contributed by atoms with Crippen molar-refractivity contribution in [3.8, 4) is 0 Å². The summed E-state index contributed by atoms with van der Waals surface area (Å²) < 4.78 is 5.64. The van der Waals surface area contributed by atoms with Crippen LogP contribution in [0.1, 0.15) is 164 Å². The lowest BCUT2D eigenvalue weighted by molar-refractivity contribution is 0.181. The summed E-state index contributed by atoms with van der Waals surface area (Å²) in [5.74, 6) is 1.39. The molecule has 0 saturated carbocycles. The second kappa shape index (κ2) is 35.9. The van der Waals surface area contributed by atoms with Gasteiger partial charge in [-0.25, -0.2) is 0 Å². The average molecular weight is 505 g/mol. The minimum Gasteiger partial charge on any atom is -0.498 e. The van der Waals surface area contributed by atoms with E-state index in [1.54, 1.807) is 6.08 Å². The van der Waals surface area contributed by atoms with Crippen LogP contribution in [0.4, 0.5) is 0 Å². The van der Waals surface area contributed by atoms with Crippen LogP contribution in [0.15, 0.2) is 48.8 Å². The molecule has 0 aliphatic heterocycles. The summed E-state index contributed by atoms with van der Waals surface area (Å²) >= 11 is 0. The van der Waals surface area contributed by atoms with Gasteiger partial charge in [-0.05, 0) is 20.3 Å². The number of hydrogen-bond acceptors (Lipinski definition) is 1. The molecule has 0 aromatic carbocycles. The van der Waals surface area contributed by atoms with Crippen molar-refractivity contribution < 1.29 is 4.74 Å². The Morgan fingerprint density at radius 1 is 0.694 bits per heavy atom. The molecule has 0 aliphatic rings. The molecule has 0 aromatic rings. The van der Waals surface area contributed by atoms with Crippen LogP contribution in [0.25, 0.3) is 0 Å². The van der Waals surface area contributed by atoms with E-state index in [0.29, 0.717) is 5.92 Å². The average Bonchev–Trinajstić information content (AvgIpc) is 2.87. The zero-order valence-corrected chi connectivity index (χ0v) is 26.1. The Balaban J connectivity index is -0.000000917. The maximum Gasteiger partial charge on any atom is 0.0913 e. The first kappa shape index (κ1) is 39.3. The third kappa shape index (κ3) is 37.3. The summed E-state index contributed by atoms with van der Waals surface area (Å²) in [4.78, 5) is 0. The van der Waals surface area contributed by atoms with E-state index in [1.807, 2.05) is 45.9 Å². The molecule has 0 fully saturated rings. The van der Waals surface area contributed by atoms with Gasteiger partial charge in [-0.15, -0.1) is 0 Å². The predicted octanol–water partition coefficient (Wildman–Crippen LogP) is 12.9. The molecule has 0 aliphatic carbocycles. The first-order valence-corrected chi connectivity index (χ1v) is 15.7. The molecule has 0 radical (unpaired) electrons. The van der Waals surface area contributed by atoms with Crippen LogP contribution in [0, 0.1) is 5.92 Å². The van der Waals surface area contributed by atoms with Crippen LogP contribution >= 0.6 is 0 Å². The minimum absolute atomic E-state index is 0.450. The topological polar surface area (TPSA) is 9.23 Å². The van der Waals surface area contributed by atoms with Crippen molar-refractivity contribution in [1.82, 2.24) is 0 Å². The Bertz CT molecular complexity index is 483. The molecule has 1 heteroatoms. The third-order valence-corrected chi connectivity index (χ3v) is 6.24. The summed E-state index contributed by atoms with van der Waals surface area (Å²) in [6, 6.07) is 0. The molecule has 1 nitrogen and oxygen atoms in total. The van der Waals surface area contributed by atoms with Gasteiger partial charge in [0.25, 0.3) is 0 Å². The third-order valence-electron chi connectivity index (χ3n) is 6.24. The lowest BCUT2D eigenvalue weighted by Crippen LogP contribution is -2.00. The lowest BCUT2D eigenvalue weighted by atomic mass is 10.0. The summed E-state index contributed by atoms with van der Waals surface area (Å²) in [7, 11) is 0. The molecule has 36 heavy (non-hydrogen) atoms. The van der Waals surface area contributed by atoms with E-state index in [-0.39, 0.29) is 0 Å². The van der Waals surface area contributed by atoms with Crippen molar-refractivity contribution >= 4 is 0 Å². The normalized spacial score (nSPS) is 11.1. The molecule has 214 valence electrons. The smallest absolute Gasteiger partial charge is 0.0913 e. The van der Waals surface area contributed by atoms with Gasteiger partial charge in [0.1, 0.15) is 0 Å². The van der Waals surface area contributed by atoms with Gasteiger partial charge in [0.15, 0.2) is 0 Å². The first-order valence-electron chi connectivity index (χ1n) is 15.7. The fourth-order valence-corrected chi connectivity index (χ4v) is 3.88. The molecule has 0 N–H and O–H groups in total. The Morgan fingerprint density at radius 2 is 1.06 bits per heavy atom. The zero-order chi connectivity index (χ0) is 27.7. The van der Waals surface area contributed by atoms with E-state index in [2.05, 4.69) is 33.9 Å². The second-order valence-corrected chi connectivity index (χ2v) is 10.1. The lowest BCUT2D eigenvalue weighted by Gasteiger charge is -2.11. The van der Waals surface area contributed by atoms with Crippen LogP contribution in [0.5, 0.6) is 0 Å². The van der Waals surface area contributed by atoms with E-state index in [9.17, 15) is 0 Å². The van der Waals surface area contributed by atoms with Crippen molar-refractivity contribution in [3.63, 3.8) is 0 Å². The second-order valence-electron chi connectivity index (χ2n) is 10.1. The Kier molecular flexibility index (Phi) is 39.2. The first-order chi connectivity index (χ1) is 17.5. The molecule has 0 spiro atoms. The van der Waals surface area contributed by atoms with Crippen LogP contribution in [0.2, 0.25) is 0 Å². The molecule has 0 saturated heterocycles. The van der Waals surface area contributed by atoms with Gasteiger partial charge in [-0.2, -0.15) is 0 Å². The molecular formula is C35H68O. The molecule has 0 unspecified atom stereocenters. The van der Waals surface area contributed by atoms with Gasteiger partial charge in [-0.3, -0.25) is 0 Å². The quantitative estimate of drug-likeness (QED) is 0.0763. The highest BCUT2D eigenvalue weighted by Gasteiger charge is 2.00. The molecular weight excluding hydrogens is 436 g/mol. The molecule has 0 rings (SSSR count). The molecule has 0 aromatic heterocycles. The SMILES string of the molecule is C=C(OCCCCCCCCCCCCCCCCCCCC)C(C)C.C=C/C=C(C)\C=C/C.CC. The molecule has 0 amide bonds. The largest absolute Gasteiger partial charge is 0.498 e. The maximum absolute atomic E-state index is 5.64. The number of rotatable bonds is 23. The number of unbranched alkanes of at least 4 members (excludes halogenated alkanes) is 17. The monoisotopic (exact) mass is 505 g/mol. The Morgan fingerprint density at radius 3 is 1.36 bits per heavy atom. The van der Waals surface area contributed by atoms with Gasteiger partial charge in [-0.1, -0.05) is 187 Å². The van der Waals surface area contributed by atoms with Crippen LogP contribution in [-0.4, -0.2) is 6.61 Å². The fourth-order valence-electron chi connectivity index (χ4n) is 3.88. The van der Waals surface area contributed by atoms with E-state index in [4.69, 9.17) is 4.74 Å². The van der Waals surface area contributed by atoms with Gasteiger partial charge in [0.05, 0.1) is 12.4 Å². The number of ether oxygens (including phenoxy) is 1. The van der Waals surface area contributed by atoms with Crippen molar-refractivity contribution in [3.05, 3.63) is 48.8 Å². The van der Waals surface area contributed by atoms with Gasteiger partial charge < -0.3 is 4.74 Å². The highest BCUT2D eigenvalue weighted by atomic mass is 16.5. The highest BCUT2D eigenvalue weighted by Crippen LogP contribution is 2.15.